The summed E-state index contributed by atoms with van der Waals surface area (Å²) in [5.74, 6) is -5.90. The Morgan fingerprint density at radius 2 is 1.34 bits per heavy atom. The third kappa shape index (κ3) is 13.6. The first kappa shape index (κ1) is 34.1. The van der Waals surface area contributed by atoms with Crippen molar-refractivity contribution in [1.29, 1.82) is 0 Å². The number of carboxylic acid groups (broad SMARTS) is 1. The number of aliphatic carboxylic acids is 1. The maximum Gasteiger partial charge on any atom is 0.326 e. The van der Waals surface area contributed by atoms with E-state index in [1.54, 1.807) is 0 Å². The fourth-order valence-electron chi connectivity index (χ4n) is 3.53. The molecule has 0 fully saturated rings. The van der Waals surface area contributed by atoms with E-state index in [1.165, 1.54) is 24.3 Å². The SMILES string of the molecule is NC(=O)CCC(NC(=O)C(N)CC(N)=O)C(=O)NC(Cc1ccc(O)cc1)C(=O)NC(CCCN=C(N)N)C(=O)O. The molecule has 0 bridgehead atoms. The number of nitrogens with one attached hydrogen (secondary N) is 3. The number of nitrogens with two attached hydrogens (primary N) is 5. The van der Waals surface area contributed by atoms with Gasteiger partial charge in [-0.2, -0.15) is 0 Å². The minimum atomic E-state index is -1.40. The summed E-state index contributed by atoms with van der Waals surface area (Å²) < 4.78 is 0. The molecule has 1 aromatic carbocycles. The highest BCUT2D eigenvalue weighted by Crippen LogP contribution is 2.12. The number of carbonyl (C=O) groups excluding carboxylic acids is 5. The second kappa shape index (κ2) is 16.9. The molecule has 0 aromatic heterocycles. The van der Waals surface area contributed by atoms with E-state index in [-0.39, 0.29) is 50.4 Å². The Hall–Kier alpha value is -4.93. The summed E-state index contributed by atoms with van der Waals surface area (Å²) in [6, 6.07) is 0.174. The first-order valence-electron chi connectivity index (χ1n) is 12.5. The van der Waals surface area contributed by atoms with Crippen molar-refractivity contribution in [1.82, 2.24) is 16.0 Å². The summed E-state index contributed by atoms with van der Waals surface area (Å²) >= 11 is 0. The van der Waals surface area contributed by atoms with Crippen molar-refractivity contribution in [2.24, 2.45) is 33.7 Å². The van der Waals surface area contributed by atoms with Gasteiger partial charge in [-0.1, -0.05) is 12.1 Å². The van der Waals surface area contributed by atoms with Crippen LogP contribution in [0.4, 0.5) is 0 Å². The molecule has 41 heavy (non-hydrogen) atoms. The van der Waals surface area contributed by atoms with Crippen LogP contribution in [0.2, 0.25) is 0 Å². The Kier molecular flexibility index (Phi) is 14.1. The number of hydrogen-bond donors (Lipinski definition) is 10. The number of amides is 5. The van der Waals surface area contributed by atoms with Crippen LogP contribution in [0.15, 0.2) is 29.3 Å². The van der Waals surface area contributed by atoms with E-state index in [2.05, 4.69) is 20.9 Å². The summed E-state index contributed by atoms with van der Waals surface area (Å²) in [4.78, 5) is 76.8. The first-order valence-corrected chi connectivity index (χ1v) is 12.5. The zero-order valence-corrected chi connectivity index (χ0v) is 22.2. The Morgan fingerprint density at radius 3 is 1.88 bits per heavy atom. The maximum absolute atomic E-state index is 13.2. The van der Waals surface area contributed by atoms with Crippen molar-refractivity contribution in [3.63, 3.8) is 0 Å². The van der Waals surface area contributed by atoms with Crippen LogP contribution in [0.5, 0.6) is 5.75 Å². The van der Waals surface area contributed by atoms with E-state index in [0.717, 1.165) is 0 Å². The van der Waals surface area contributed by atoms with Crippen LogP contribution >= 0.6 is 0 Å². The zero-order valence-electron chi connectivity index (χ0n) is 22.2. The minimum absolute atomic E-state index is 0.0349. The van der Waals surface area contributed by atoms with Crippen LogP contribution in [-0.4, -0.2) is 82.4 Å². The number of nitrogens with zero attached hydrogens (tertiary/aromatic N) is 1. The fraction of sp³-hybridized carbons (Fsp3) is 0.458. The van der Waals surface area contributed by atoms with Crippen molar-refractivity contribution in [2.75, 3.05) is 6.54 Å². The highest BCUT2D eigenvalue weighted by atomic mass is 16.4. The average Bonchev–Trinajstić information content (AvgIpc) is 2.87. The molecule has 0 radical (unpaired) electrons. The first-order chi connectivity index (χ1) is 19.2. The third-order valence-corrected chi connectivity index (χ3v) is 5.64. The lowest BCUT2D eigenvalue weighted by molar-refractivity contribution is -0.142. The van der Waals surface area contributed by atoms with Crippen LogP contribution < -0.4 is 44.6 Å². The molecule has 1 rings (SSSR count). The number of phenolic OH excluding ortho intramolecular Hbond substituents is 1. The fourth-order valence-corrected chi connectivity index (χ4v) is 3.53. The smallest absolute Gasteiger partial charge is 0.326 e. The normalized spacial score (nSPS) is 13.5. The van der Waals surface area contributed by atoms with Crippen molar-refractivity contribution >= 4 is 41.5 Å². The zero-order chi connectivity index (χ0) is 31.1. The molecule has 15 N–H and O–H groups in total. The minimum Gasteiger partial charge on any atom is -0.508 e. The molecular weight excluding hydrogens is 542 g/mol. The lowest BCUT2D eigenvalue weighted by Gasteiger charge is -2.25. The highest BCUT2D eigenvalue weighted by Gasteiger charge is 2.31. The number of hydrogen-bond acceptors (Lipinski definition) is 9. The lowest BCUT2D eigenvalue weighted by atomic mass is 10.0. The molecule has 5 amide bonds. The summed E-state index contributed by atoms with van der Waals surface area (Å²) in [5.41, 5.74) is 26.9. The number of primary amides is 2. The molecule has 4 atom stereocenters. The van der Waals surface area contributed by atoms with E-state index in [9.17, 15) is 39.0 Å². The van der Waals surface area contributed by atoms with Gasteiger partial charge in [-0.25, -0.2) is 4.79 Å². The second-order valence-corrected chi connectivity index (χ2v) is 9.12. The van der Waals surface area contributed by atoms with Gasteiger partial charge in [0.1, 0.15) is 23.9 Å². The van der Waals surface area contributed by atoms with Gasteiger partial charge >= 0.3 is 5.97 Å². The van der Waals surface area contributed by atoms with Gasteiger partial charge in [-0.3, -0.25) is 29.0 Å². The molecule has 1 aromatic rings. The summed E-state index contributed by atoms with van der Waals surface area (Å²) in [6.45, 7) is 0.120. The van der Waals surface area contributed by atoms with Crippen LogP contribution in [0.1, 0.15) is 37.7 Å². The largest absolute Gasteiger partial charge is 0.508 e. The van der Waals surface area contributed by atoms with Crippen LogP contribution in [0.3, 0.4) is 0 Å². The van der Waals surface area contributed by atoms with Crippen molar-refractivity contribution in [3.8, 4) is 5.75 Å². The molecule has 17 heteroatoms. The van der Waals surface area contributed by atoms with Gasteiger partial charge in [-0.15, -0.1) is 0 Å². The van der Waals surface area contributed by atoms with E-state index in [4.69, 9.17) is 28.7 Å². The van der Waals surface area contributed by atoms with Crippen molar-refractivity contribution in [2.45, 2.75) is 62.7 Å². The second-order valence-electron chi connectivity index (χ2n) is 9.12. The van der Waals surface area contributed by atoms with E-state index >= 15 is 0 Å². The third-order valence-electron chi connectivity index (χ3n) is 5.64. The number of aromatic hydroxyl groups is 1. The number of benzene rings is 1. The van der Waals surface area contributed by atoms with Gasteiger partial charge in [0.15, 0.2) is 5.96 Å². The Morgan fingerprint density at radius 1 is 0.780 bits per heavy atom. The molecular formula is C24H37N9O8. The Balaban J connectivity index is 3.17. The molecule has 0 aliphatic rings. The number of phenols is 1. The Labute approximate surface area is 235 Å². The summed E-state index contributed by atoms with van der Waals surface area (Å²) in [6.07, 6.45) is -1.07. The molecule has 0 heterocycles. The molecule has 0 spiro atoms. The number of carboxylic acids is 1. The van der Waals surface area contributed by atoms with Crippen molar-refractivity contribution in [3.05, 3.63) is 29.8 Å². The quantitative estimate of drug-likeness (QED) is 0.0453. The van der Waals surface area contributed by atoms with Gasteiger partial charge in [0, 0.05) is 19.4 Å². The van der Waals surface area contributed by atoms with E-state index < -0.39 is 66.1 Å². The van der Waals surface area contributed by atoms with Gasteiger partial charge in [0.25, 0.3) is 0 Å². The van der Waals surface area contributed by atoms with Crippen molar-refractivity contribution < 1.29 is 39.0 Å². The monoisotopic (exact) mass is 579 g/mol. The lowest BCUT2D eigenvalue weighted by Crippen LogP contribution is -2.58. The Bertz CT molecular complexity index is 1120. The van der Waals surface area contributed by atoms with Gasteiger partial charge in [0.2, 0.25) is 29.5 Å². The molecule has 17 nitrogen and oxygen atoms in total. The standard InChI is InChI=1S/C24H37N9O8/c25-14(11-19(27)36)20(37)31-15(7-8-18(26)35)21(38)33-17(10-12-3-5-13(34)6-4-12)22(39)32-16(23(40)41)2-1-9-30-24(28)29/h3-6,14-17,34H,1-2,7-11,25H2,(H2,26,35)(H2,27,36)(H,31,37)(H,32,39)(H,33,38)(H,40,41)(H4,28,29,30). The number of carbonyl (C=O) groups is 6. The van der Waals surface area contributed by atoms with Gasteiger partial charge in [0.05, 0.1) is 12.5 Å². The predicted octanol–water partition coefficient (Wildman–Crippen LogP) is -4.00. The van der Waals surface area contributed by atoms with Crippen LogP contribution in [0.25, 0.3) is 0 Å². The maximum atomic E-state index is 13.2. The predicted molar refractivity (Wildman–Crippen MR) is 145 cm³/mol. The molecule has 0 aliphatic carbocycles. The topological polar surface area (TPSA) is 321 Å². The van der Waals surface area contributed by atoms with Crippen LogP contribution in [0, 0.1) is 0 Å². The molecule has 4 unspecified atom stereocenters. The molecule has 226 valence electrons. The number of guanidine groups is 1. The summed E-state index contributed by atoms with van der Waals surface area (Å²) in [5, 5.41) is 26.3. The van der Waals surface area contributed by atoms with Gasteiger partial charge in [-0.05, 0) is 37.0 Å². The number of aliphatic imine (C=N–C) groups is 1. The van der Waals surface area contributed by atoms with Crippen LogP contribution in [-0.2, 0) is 35.2 Å². The molecule has 0 saturated heterocycles. The van der Waals surface area contributed by atoms with Gasteiger partial charge < -0.3 is 54.8 Å². The van der Waals surface area contributed by atoms with E-state index in [1.807, 2.05) is 0 Å². The highest BCUT2D eigenvalue weighted by molar-refractivity contribution is 5.95. The average molecular weight is 580 g/mol. The summed E-state index contributed by atoms with van der Waals surface area (Å²) in [7, 11) is 0. The molecule has 0 saturated carbocycles. The number of rotatable bonds is 18. The molecule has 0 aliphatic heterocycles. The van der Waals surface area contributed by atoms with E-state index in [0.29, 0.717) is 5.56 Å².